The van der Waals surface area contributed by atoms with E-state index in [-0.39, 0.29) is 12.1 Å². The number of hydrogen-bond acceptors (Lipinski definition) is 4. The first-order valence-corrected chi connectivity index (χ1v) is 6.06. The summed E-state index contributed by atoms with van der Waals surface area (Å²) >= 11 is 1.53. The summed E-state index contributed by atoms with van der Waals surface area (Å²) in [5, 5.41) is 14.4. The van der Waals surface area contributed by atoms with Crippen LogP contribution in [0.3, 0.4) is 0 Å². The highest BCUT2D eigenvalue weighted by Crippen LogP contribution is 2.10. The summed E-state index contributed by atoms with van der Waals surface area (Å²) < 4.78 is 0. The summed E-state index contributed by atoms with van der Waals surface area (Å²) in [6, 6.07) is -0.214. The normalized spacial score (nSPS) is 12.2. The average molecular weight is 243 g/mol. The Kier molecular flexibility index (Phi) is 5.21. The fourth-order valence-electron chi connectivity index (χ4n) is 1.11. The van der Waals surface area contributed by atoms with Crippen molar-refractivity contribution in [3.05, 3.63) is 16.1 Å². The third-order valence-corrected chi connectivity index (χ3v) is 3.04. The molecule has 1 rings (SSSR count). The molecule has 0 saturated heterocycles. The maximum absolute atomic E-state index is 11.3. The number of nitrogens with zero attached hydrogens (tertiary/aromatic N) is 1. The second kappa shape index (κ2) is 6.44. The van der Waals surface area contributed by atoms with Gasteiger partial charge in [0.05, 0.1) is 23.9 Å². The lowest BCUT2D eigenvalue weighted by Gasteiger charge is -2.07. The van der Waals surface area contributed by atoms with Crippen LogP contribution in [0, 0.1) is 6.92 Å². The molecule has 0 spiro atoms. The molecule has 2 amide bonds. The van der Waals surface area contributed by atoms with Gasteiger partial charge in [-0.05, 0) is 20.3 Å². The number of nitrogens with one attached hydrogen (secondary N) is 2. The summed E-state index contributed by atoms with van der Waals surface area (Å²) in [7, 11) is 0. The van der Waals surface area contributed by atoms with Gasteiger partial charge >= 0.3 is 6.03 Å². The van der Waals surface area contributed by atoms with Gasteiger partial charge in [0.15, 0.2) is 0 Å². The van der Waals surface area contributed by atoms with Crippen LogP contribution in [0.4, 0.5) is 4.79 Å². The van der Waals surface area contributed by atoms with E-state index in [0.29, 0.717) is 19.5 Å². The molecule has 0 aliphatic rings. The lowest BCUT2D eigenvalue weighted by molar-refractivity contribution is 0.183. The molecule has 1 atom stereocenters. The lowest BCUT2D eigenvalue weighted by Crippen LogP contribution is -2.36. The van der Waals surface area contributed by atoms with Crippen LogP contribution in [-0.4, -0.2) is 28.8 Å². The molecule has 0 aliphatic carbocycles. The van der Waals surface area contributed by atoms with Gasteiger partial charge in [0.2, 0.25) is 0 Å². The van der Waals surface area contributed by atoms with Crippen LogP contribution in [-0.2, 0) is 6.54 Å². The Hall–Kier alpha value is -1.14. The molecule has 1 aromatic rings. The quantitative estimate of drug-likeness (QED) is 0.723. The average Bonchev–Trinajstić information content (AvgIpc) is 2.60. The molecule has 0 bridgehead atoms. The van der Waals surface area contributed by atoms with E-state index in [1.807, 2.05) is 6.92 Å². The van der Waals surface area contributed by atoms with Crippen LogP contribution in [0.25, 0.3) is 0 Å². The zero-order chi connectivity index (χ0) is 12.0. The maximum Gasteiger partial charge on any atom is 0.315 e. The Morgan fingerprint density at radius 2 is 2.38 bits per heavy atom. The molecule has 0 fully saturated rings. The van der Waals surface area contributed by atoms with Crippen LogP contribution in [0.2, 0.25) is 0 Å². The minimum absolute atomic E-state index is 0.214. The van der Waals surface area contributed by atoms with Crippen molar-refractivity contribution in [1.29, 1.82) is 0 Å². The summed E-state index contributed by atoms with van der Waals surface area (Å²) in [4.78, 5) is 16.5. The topological polar surface area (TPSA) is 74.2 Å². The largest absolute Gasteiger partial charge is 0.393 e. The molecule has 0 aliphatic heterocycles. The fourth-order valence-corrected chi connectivity index (χ4v) is 1.83. The van der Waals surface area contributed by atoms with E-state index in [4.69, 9.17) is 5.11 Å². The van der Waals surface area contributed by atoms with Gasteiger partial charge in [-0.1, -0.05) is 0 Å². The van der Waals surface area contributed by atoms with E-state index in [2.05, 4.69) is 15.6 Å². The van der Waals surface area contributed by atoms with Crippen molar-refractivity contribution in [3.8, 4) is 0 Å². The van der Waals surface area contributed by atoms with Gasteiger partial charge in [-0.15, -0.1) is 11.3 Å². The number of carbonyl (C=O) groups is 1. The second-order valence-electron chi connectivity index (χ2n) is 3.61. The number of thiazole rings is 1. The van der Waals surface area contributed by atoms with Gasteiger partial charge in [-0.2, -0.15) is 0 Å². The van der Waals surface area contributed by atoms with E-state index >= 15 is 0 Å². The molecule has 1 heterocycles. The number of hydrogen-bond donors (Lipinski definition) is 3. The molecule has 0 radical (unpaired) electrons. The second-order valence-corrected chi connectivity index (χ2v) is 4.55. The molecule has 0 aromatic carbocycles. The van der Waals surface area contributed by atoms with Crippen LogP contribution in [0.15, 0.2) is 5.51 Å². The van der Waals surface area contributed by atoms with E-state index < -0.39 is 0 Å². The molecule has 0 saturated carbocycles. The van der Waals surface area contributed by atoms with Crippen LogP contribution in [0.5, 0.6) is 0 Å². The van der Waals surface area contributed by atoms with Crippen LogP contribution < -0.4 is 10.6 Å². The van der Waals surface area contributed by atoms with Crippen molar-refractivity contribution in [1.82, 2.24) is 15.6 Å². The highest BCUT2D eigenvalue weighted by molar-refractivity contribution is 7.09. The zero-order valence-corrected chi connectivity index (χ0v) is 10.3. The van der Waals surface area contributed by atoms with Crippen molar-refractivity contribution >= 4 is 17.4 Å². The number of aromatic nitrogens is 1. The number of amides is 2. The van der Waals surface area contributed by atoms with Gasteiger partial charge in [-0.25, -0.2) is 9.78 Å². The van der Waals surface area contributed by atoms with Gasteiger partial charge in [0.1, 0.15) is 0 Å². The lowest BCUT2D eigenvalue weighted by atomic mass is 10.3. The Morgan fingerprint density at radius 1 is 1.62 bits per heavy atom. The first kappa shape index (κ1) is 12.9. The minimum Gasteiger partial charge on any atom is -0.393 e. The van der Waals surface area contributed by atoms with Crippen LogP contribution in [0.1, 0.15) is 23.9 Å². The molecule has 6 heteroatoms. The number of carbonyl (C=O) groups excluding carboxylic acids is 1. The van der Waals surface area contributed by atoms with E-state index in [0.717, 1.165) is 10.6 Å². The SMILES string of the molecule is Cc1ncsc1CNC(=O)NCCC(C)O. The van der Waals surface area contributed by atoms with Gasteiger partial charge in [0, 0.05) is 11.4 Å². The third kappa shape index (κ3) is 4.59. The molecule has 5 nitrogen and oxygen atoms in total. The van der Waals surface area contributed by atoms with E-state index in [1.165, 1.54) is 11.3 Å². The molecular weight excluding hydrogens is 226 g/mol. The summed E-state index contributed by atoms with van der Waals surface area (Å²) in [5.74, 6) is 0. The highest BCUT2D eigenvalue weighted by Gasteiger charge is 2.04. The number of aliphatic hydroxyl groups excluding tert-OH is 1. The predicted octanol–water partition coefficient (Wildman–Crippen LogP) is 1.02. The first-order chi connectivity index (χ1) is 7.59. The fraction of sp³-hybridized carbons (Fsp3) is 0.600. The molecule has 1 unspecified atom stereocenters. The molecule has 3 N–H and O–H groups in total. The Balaban J connectivity index is 2.18. The first-order valence-electron chi connectivity index (χ1n) is 5.18. The van der Waals surface area contributed by atoms with Crippen molar-refractivity contribution in [2.75, 3.05) is 6.54 Å². The van der Waals surface area contributed by atoms with Gasteiger partial charge in [0.25, 0.3) is 0 Å². The summed E-state index contributed by atoms with van der Waals surface area (Å²) in [6.07, 6.45) is 0.177. The Bertz CT molecular complexity index is 339. The van der Waals surface area contributed by atoms with Crippen molar-refractivity contribution in [2.24, 2.45) is 0 Å². The number of rotatable bonds is 5. The Morgan fingerprint density at radius 3 is 2.94 bits per heavy atom. The highest BCUT2D eigenvalue weighted by atomic mass is 32.1. The summed E-state index contributed by atoms with van der Waals surface area (Å²) in [5.41, 5.74) is 2.71. The minimum atomic E-state index is -0.385. The number of urea groups is 1. The monoisotopic (exact) mass is 243 g/mol. The molecule has 16 heavy (non-hydrogen) atoms. The van der Waals surface area contributed by atoms with Crippen molar-refractivity contribution < 1.29 is 9.90 Å². The van der Waals surface area contributed by atoms with Crippen molar-refractivity contribution in [2.45, 2.75) is 32.9 Å². The van der Waals surface area contributed by atoms with Gasteiger partial charge < -0.3 is 15.7 Å². The van der Waals surface area contributed by atoms with E-state index in [9.17, 15) is 4.79 Å². The Labute approximate surface area is 98.9 Å². The standard InChI is InChI=1S/C10H17N3O2S/c1-7(14)3-4-11-10(15)12-5-9-8(2)13-6-16-9/h6-7,14H,3-5H2,1-2H3,(H2,11,12,15). The number of aryl methyl sites for hydroxylation is 1. The van der Waals surface area contributed by atoms with E-state index in [1.54, 1.807) is 12.4 Å². The molecular formula is C10H17N3O2S. The maximum atomic E-state index is 11.3. The van der Waals surface area contributed by atoms with Gasteiger partial charge in [-0.3, -0.25) is 0 Å². The smallest absolute Gasteiger partial charge is 0.315 e. The number of aliphatic hydroxyl groups is 1. The van der Waals surface area contributed by atoms with Crippen LogP contribution >= 0.6 is 11.3 Å². The predicted molar refractivity (Wildman–Crippen MR) is 63.4 cm³/mol. The van der Waals surface area contributed by atoms with Crippen molar-refractivity contribution in [3.63, 3.8) is 0 Å². The molecule has 1 aromatic heterocycles. The third-order valence-electron chi connectivity index (χ3n) is 2.10. The summed E-state index contributed by atoms with van der Waals surface area (Å²) in [6.45, 7) is 4.58. The molecule has 90 valence electrons. The zero-order valence-electron chi connectivity index (χ0n) is 9.49.